The fraction of sp³-hybridized carbons (Fsp3) is 0.571. The number of nitrogens with zero attached hydrogens (tertiary/aromatic N) is 1. The van der Waals surface area contributed by atoms with Crippen LogP contribution in [0.1, 0.15) is 12.8 Å². The van der Waals surface area contributed by atoms with Crippen LogP contribution in [0.5, 0.6) is 11.5 Å². The molecule has 18 heavy (non-hydrogen) atoms. The van der Waals surface area contributed by atoms with Crippen molar-refractivity contribution in [3.05, 3.63) is 24.3 Å². The van der Waals surface area contributed by atoms with Gasteiger partial charge in [-0.2, -0.15) is 0 Å². The Morgan fingerprint density at radius 3 is 2.94 bits per heavy atom. The van der Waals surface area contributed by atoms with E-state index in [4.69, 9.17) is 15.2 Å². The number of likely N-dealkylation sites (tertiary alicyclic amines) is 1. The third-order valence-electron chi connectivity index (χ3n) is 3.57. The normalized spacial score (nSPS) is 28.1. The molecule has 2 unspecified atom stereocenters. The number of ether oxygens (including phenoxy) is 2. The Morgan fingerprint density at radius 2 is 2.11 bits per heavy atom. The Morgan fingerprint density at radius 1 is 1.28 bits per heavy atom. The van der Waals surface area contributed by atoms with Crippen LogP contribution in [0, 0.1) is 0 Å². The van der Waals surface area contributed by atoms with Crippen LogP contribution in [-0.2, 0) is 0 Å². The van der Waals surface area contributed by atoms with Crippen molar-refractivity contribution in [1.82, 2.24) is 4.90 Å². The van der Waals surface area contributed by atoms with Crippen molar-refractivity contribution in [3.8, 4) is 11.5 Å². The molecule has 3 rings (SSSR count). The van der Waals surface area contributed by atoms with E-state index < -0.39 is 0 Å². The molecule has 2 heterocycles. The second-order valence-corrected chi connectivity index (χ2v) is 5.16. The lowest BCUT2D eigenvalue weighted by Crippen LogP contribution is -2.48. The van der Waals surface area contributed by atoms with Gasteiger partial charge in [-0.25, -0.2) is 0 Å². The minimum atomic E-state index is 0.116. The van der Waals surface area contributed by atoms with Gasteiger partial charge in [0.1, 0.15) is 12.7 Å². The van der Waals surface area contributed by atoms with Crippen molar-refractivity contribution in [3.63, 3.8) is 0 Å². The molecule has 4 nitrogen and oxygen atoms in total. The molecular weight excluding hydrogens is 228 g/mol. The van der Waals surface area contributed by atoms with Gasteiger partial charge in [0.2, 0.25) is 0 Å². The van der Waals surface area contributed by atoms with Gasteiger partial charge in [-0.1, -0.05) is 12.1 Å². The third kappa shape index (κ3) is 2.60. The monoisotopic (exact) mass is 248 g/mol. The van der Waals surface area contributed by atoms with Crippen LogP contribution >= 0.6 is 0 Å². The van der Waals surface area contributed by atoms with Gasteiger partial charge in [-0.15, -0.1) is 0 Å². The van der Waals surface area contributed by atoms with Crippen LogP contribution in [0.15, 0.2) is 24.3 Å². The van der Waals surface area contributed by atoms with Gasteiger partial charge in [0, 0.05) is 19.1 Å². The Labute approximate surface area is 108 Å². The van der Waals surface area contributed by atoms with Gasteiger partial charge < -0.3 is 15.2 Å². The van der Waals surface area contributed by atoms with Crippen molar-refractivity contribution < 1.29 is 9.47 Å². The number of hydrogen-bond acceptors (Lipinski definition) is 4. The first-order chi connectivity index (χ1) is 8.81. The number of fused-ring (bicyclic) bond motifs is 1. The molecule has 4 heteroatoms. The molecule has 0 amide bonds. The van der Waals surface area contributed by atoms with E-state index in [1.807, 2.05) is 24.3 Å². The third-order valence-corrected chi connectivity index (χ3v) is 3.57. The molecule has 1 aromatic carbocycles. The van der Waals surface area contributed by atoms with E-state index in [0.717, 1.165) is 37.6 Å². The molecule has 0 saturated carbocycles. The summed E-state index contributed by atoms with van der Waals surface area (Å²) in [6.07, 6.45) is 2.44. The number of piperidine rings is 1. The maximum atomic E-state index is 5.99. The second kappa shape index (κ2) is 5.16. The van der Waals surface area contributed by atoms with Crippen molar-refractivity contribution in [2.75, 3.05) is 26.2 Å². The SMILES string of the molecule is NC1CCCN(CC2COc3ccccc3O2)C1. The van der Waals surface area contributed by atoms with Crippen LogP contribution in [0.4, 0.5) is 0 Å². The van der Waals surface area contributed by atoms with E-state index in [-0.39, 0.29) is 6.10 Å². The second-order valence-electron chi connectivity index (χ2n) is 5.16. The lowest BCUT2D eigenvalue weighted by molar-refractivity contribution is 0.0508. The summed E-state index contributed by atoms with van der Waals surface area (Å²) in [4.78, 5) is 2.39. The highest BCUT2D eigenvalue weighted by molar-refractivity contribution is 5.40. The molecule has 2 aliphatic heterocycles. The van der Waals surface area contributed by atoms with Crippen LogP contribution in [0.2, 0.25) is 0 Å². The number of hydrogen-bond donors (Lipinski definition) is 1. The van der Waals surface area contributed by atoms with E-state index in [0.29, 0.717) is 12.6 Å². The first-order valence-corrected chi connectivity index (χ1v) is 6.67. The summed E-state index contributed by atoms with van der Waals surface area (Å²) in [7, 11) is 0. The Kier molecular flexibility index (Phi) is 3.39. The van der Waals surface area contributed by atoms with Gasteiger partial charge in [0.25, 0.3) is 0 Å². The van der Waals surface area contributed by atoms with Crippen molar-refractivity contribution >= 4 is 0 Å². The summed E-state index contributed by atoms with van der Waals surface area (Å²) in [6.45, 7) is 3.63. The number of para-hydroxylation sites is 2. The molecule has 1 saturated heterocycles. The van der Waals surface area contributed by atoms with Gasteiger partial charge in [-0.3, -0.25) is 4.90 Å². The van der Waals surface area contributed by atoms with Crippen molar-refractivity contribution in [2.24, 2.45) is 5.73 Å². The van der Waals surface area contributed by atoms with E-state index >= 15 is 0 Å². The molecular formula is C14H20N2O2. The first-order valence-electron chi connectivity index (χ1n) is 6.67. The quantitative estimate of drug-likeness (QED) is 0.855. The molecule has 0 spiro atoms. The minimum Gasteiger partial charge on any atom is -0.486 e. The zero-order valence-corrected chi connectivity index (χ0v) is 10.5. The molecule has 1 aromatic rings. The van der Waals surface area contributed by atoms with Crippen LogP contribution in [0.3, 0.4) is 0 Å². The lowest BCUT2D eigenvalue weighted by Gasteiger charge is -2.35. The average Bonchev–Trinajstić information content (AvgIpc) is 2.39. The molecule has 2 aliphatic rings. The van der Waals surface area contributed by atoms with E-state index in [1.54, 1.807) is 0 Å². The maximum absolute atomic E-state index is 5.99. The van der Waals surface area contributed by atoms with Gasteiger partial charge in [0.05, 0.1) is 0 Å². The average molecular weight is 248 g/mol. The van der Waals surface area contributed by atoms with Crippen LogP contribution in [0.25, 0.3) is 0 Å². The predicted molar refractivity (Wildman–Crippen MR) is 70.0 cm³/mol. The summed E-state index contributed by atoms with van der Waals surface area (Å²) < 4.78 is 11.7. The highest BCUT2D eigenvalue weighted by Gasteiger charge is 2.25. The lowest BCUT2D eigenvalue weighted by atomic mass is 10.1. The molecule has 98 valence electrons. The molecule has 0 radical (unpaired) electrons. The summed E-state index contributed by atoms with van der Waals surface area (Å²) in [5.41, 5.74) is 5.99. The van der Waals surface area contributed by atoms with Crippen LogP contribution < -0.4 is 15.2 Å². The summed E-state index contributed by atoms with van der Waals surface area (Å²) in [5.74, 6) is 1.71. The fourth-order valence-electron chi connectivity index (χ4n) is 2.70. The smallest absolute Gasteiger partial charge is 0.161 e. The highest BCUT2D eigenvalue weighted by Crippen LogP contribution is 2.31. The first kappa shape index (κ1) is 11.8. The molecule has 0 aromatic heterocycles. The molecule has 0 bridgehead atoms. The van der Waals surface area contributed by atoms with Crippen LogP contribution in [-0.4, -0.2) is 43.3 Å². The van der Waals surface area contributed by atoms with Crippen molar-refractivity contribution in [2.45, 2.75) is 25.0 Å². The topological polar surface area (TPSA) is 47.7 Å². The summed E-state index contributed by atoms with van der Waals surface area (Å²) in [5, 5.41) is 0. The zero-order chi connectivity index (χ0) is 12.4. The van der Waals surface area contributed by atoms with Gasteiger partial charge >= 0.3 is 0 Å². The number of rotatable bonds is 2. The number of benzene rings is 1. The van der Waals surface area contributed by atoms with E-state index in [9.17, 15) is 0 Å². The molecule has 0 aliphatic carbocycles. The van der Waals surface area contributed by atoms with Gasteiger partial charge in [-0.05, 0) is 31.5 Å². The Bertz CT molecular complexity index is 411. The minimum absolute atomic E-state index is 0.116. The number of nitrogens with two attached hydrogens (primary N) is 1. The molecule has 2 N–H and O–H groups in total. The molecule has 2 atom stereocenters. The zero-order valence-electron chi connectivity index (χ0n) is 10.5. The predicted octanol–water partition coefficient (Wildman–Crippen LogP) is 1.25. The Hall–Kier alpha value is -1.26. The Balaban J connectivity index is 1.59. The maximum Gasteiger partial charge on any atom is 0.161 e. The highest BCUT2D eigenvalue weighted by atomic mass is 16.6. The summed E-state index contributed by atoms with van der Waals surface area (Å²) >= 11 is 0. The summed E-state index contributed by atoms with van der Waals surface area (Å²) in [6, 6.07) is 8.16. The largest absolute Gasteiger partial charge is 0.486 e. The van der Waals surface area contributed by atoms with E-state index in [1.165, 1.54) is 6.42 Å². The van der Waals surface area contributed by atoms with Gasteiger partial charge in [0.15, 0.2) is 11.5 Å². The fourth-order valence-corrected chi connectivity index (χ4v) is 2.70. The molecule has 1 fully saturated rings. The van der Waals surface area contributed by atoms with E-state index in [2.05, 4.69) is 4.90 Å². The standard InChI is InChI=1S/C14H20N2O2/c15-11-4-3-7-16(8-11)9-12-10-17-13-5-1-2-6-14(13)18-12/h1-2,5-6,11-12H,3-4,7-10,15H2. The van der Waals surface area contributed by atoms with Crippen molar-refractivity contribution in [1.29, 1.82) is 0 Å².